The Morgan fingerprint density at radius 1 is 1.47 bits per heavy atom. The molecule has 5 nitrogen and oxygen atoms in total. The van der Waals surface area contributed by atoms with Gasteiger partial charge in [0.1, 0.15) is 0 Å². The third-order valence-electron chi connectivity index (χ3n) is 2.72. The first-order chi connectivity index (χ1) is 7.13. The molecular formula is C10H17N3O2. The summed E-state index contributed by atoms with van der Waals surface area (Å²) in [6.45, 7) is 5.19. The molecule has 1 N–H and O–H groups in total. The number of nitriles is 1. The summed E-state index contributed by atoms with van der Waals surface area (Å²) in [7, 11) is 0. The topological polar surface area (TPSA) is 67.6 Å². The van der Waals surface area contributed by atoms with E-state index in [1.54, 1.807) is 0 Å². The highest BCUT2D eigenvalue weighted by atomic mass is 16.4. The number of nitrogens with zero attached hydrogens (tertiary/aromatic N) is 3. The Hall–Kier alpha value is -1.12. The van der Waals surface area contributed by atoms with Gasteiger partial charge in [-0.05, 0) is 13.3 Å². The van der Waals surface area contributed by atoms with E-state index in [1.165, 1.54) is 0 Å². The van der Waals surface area contributed by atoms with Crippen molar-refractivity contribution in [2.75, 3.05) is 32.7 Å². The van der Waals surface area contributed by atoms with Gasteiger partial charge < -0.3 is 5.11 Å². The van der Waals surface area contributed by atoms with Gasteiger partial charge in [0.05, 0.1) is 18.7 Å². The highest BCUT2D eigenvalue weighted by Gasteiger charge is 2.19. The molecule has 0 bridgehead atoms. The summed E-state index contributed by atoms with van der Waals surface area (Å²) in [6, 6.07) is 2.13. The third-order valence-corrected chi connectivity index (χ3v) is 2.72. The summed E-state index contributed by atoms with van der Waals surface area (Å²) in [5.74, 6) is -0.781. The molecule has 5 heteroatoms. The van der Waals surface area contributed by atoms with Crippen LogP contribution < -0.4 is 0 Å². The predicted octanol–water partition coefficient (Wildman–Crippen LogP) is -0.00922. The molecule has 1 aliphatic heterocycles. The lowest BCUT2D eigenvalue weighted by Gasteiger charge is -2.22. The highest BCUT2D eigenvalue weighted by molar-refractivity contribution is 5.69. The van der Waals surface area contributed by atoms with Gasteiger partial charge in [-0.1, -0.05) is 0 Å². The normalized spacial score (nSPS) is 21.6. The second-order valence-corrected chi connectivity index (χ2v) is 3.86. The Labute approximate surface area is 89.9 Å². The largest absolute Gasteiger partial charge is 0.480 e. The molecule has 1 saturated heterocycles. The van der Waals surface area contributed by atoms with Crippen LogP contribution in [0.5, 0.6) is 0 Å². The van der Waals surface area contributed by atoms with Crippen LogP contribution in [0.4, 0.5) is 0 Å². The molecule has 1 heterocycles. The zero-order valence-corrected chi connectivity index (χ0v) is 9.02. The first-order valence-electron chi connectivity index (χ1n) is 5.21. The van der Waals surface area contributed by atoms with Crippen molar-refractivity contribution in [3.8, 4) is 6.07 Å². The smallest absolute Gasteiger partial charge is 0.317 e. The molecule has 1 fully saturated rings. The molecule has 0 amide bonds. The molecule has 0 radical (unpaired) electrons. The maximum absolute atomic E-state index is 10.5. The van der Waals surface area contributed by atoms with Gasteiger partial charge in [-0.3, -0.25) is 14.6 Å². The van der Waals surface area contributed by atoms with E-state index < -0.39 is 5.97 Å². The van der Waals surface area contributed by atoms with E-state index in [9.17, 15) is 4.79 Å². The lowest BCUT2D eigenvalue weighted by molar-refractivity contribution is -0.138. The average Bonchev–Trinajstić information content (AvgIpc) is 2.41. The van der Waals surface area contributed by atoms with E-state index in [1.807, 2.05) is 11.8 Å². The molecule has 0 aromatic heterocycles. The minimum atomic E-state index is -0.781. The lowest BCUT2D eigenvalue weighted by Crippen LogP contribution is -2.37. The molecule has 0 aromatic carbocycles. The third kappa shape index (κ3) is 3.86. The van der Waals surface area contributed by atoms with E-state index in [4.69, 9.17) is 10.4 Å². The molecule has 1 aliphatic rings. The van der Waals surface area contributed by atoms with Crippen LogP contribution in [0.1, 0.15) is 13.3 Å². The highest BCUT2D eigenvalue weighted by Crippen LogP contribution is 2.06. The van der Waals surface area contributed by atoms with Crippen molar-refractivity contribution in [3.05, 3.63) is 0 Å². The molecule has 1 rings (SSSR count). The van der Waals surface area contributed by atoms with Crippen molar-refractivity contribution in [2.45, 2.75) is 19.4 Å². The van der Waals surface area contributed by atoms with E-state index in [0.29, 0.717) is 0 Å². The van der Waals surface area contributed by atoms with Gasteiger partial charge in [-0.2, -0.15) is 5.26 Å². The maximum Gasteiger partial charge on any atom is 0.317 e. The van der Waals surface area contributed by atoms with Crippen LogP contribution in [0, 0.1) is 11.3 Å². The van der Waals surface area contributed by atoms with Crippen molar-refractivity contribution in [2.24, 2.45) is 0 Å². The Bertz CT molecular complexity index is 262. The Morgan fingerprint density at radius 3 is 2.80 bits per heavy atom. The molecule has 84 valence electrons. The Balaban J connectivity index is 2.42. The van der Waals surface area contributed by atoms with Gasteiger partial charge in [-0.15, -0.1) is 0 Å². The molecule has 15 heavy (non-hydrogen) atoms. The zero-order valence-electron chi connectivity index (χ0n) is 9.02. The first-order valence-corrected chi connectivity index (χ1v) is 5.21. The fourth-order valence-corrected chi connectivity index (χ4v) is 1.81. The minimum absolute atomic E-state index is 0.0743. The quantitative estimate of drug-likeness (QED) is 0.711. The molecule has 1 atom stereocenters. The fourth-order valence-electron chi connectivity index (χ4n) is 1.81. The van der Waals surface area contributed by atoms with Crippen LogP contribution >= 0.6 is 0 Å². The maximum atomic E-state index is 10.5. The van der Waals surface area contributed by atoms with Crippen molar-refractivity contribution in [1.82, 2.24) is 9.80 Å². The van der Waals surface area contributed by atoms with Crippen LogP contribution in [0.3, 0.4) is 0 Å². The monoisotopic (exact) mass is 211 g/mol. The molecule has 1 unspecified atom stereocenters. The number of carbonyl (C=O) groups is 1. The van der Waals surface area contributed by atoms with Crippen LogP contribution in [-0.4, -0.2) is 59.6 Å². The van der Waals surface area contributed by atoms with Crippen molar-refractivity contribution >= 4 is 5.97 Å². The predicted molar refractivity (Wildman–Crippen MR) is 55.3 cm³/mol. The van der Waals surface area contributed by atoms with Crippen LogP contribution in [0.25, 0.3) is 0 Å². The number of carboxylic acids is 1. The van der Waals surface area contributed by atoms with Crippen molar-refractivity contribution in [1.29, 1.82) is 5.26 Å². The van der Waals surface area contributed by atoms with E-state index in [0.717, 1.165) is 32.6 Å². The summed E-state index contributed by atoms with van der Waals surface area (Å²) >= 11 is 0. The molecule has 0 aromatic rings. The summed E-state index contributed by atoms with van der Waals surface area (Å²) in [5.41, 5.74) is 0. The number of aliphatic carboxylic acids is 1. The second-order valence-electron chi connectivity index (χ2n) is 3.86. The summed E-state index contributed by atoms with van der Waals surface area (Å²) in [6.07, 6.45) is 0.930. The van der Waals surface area contributed by atoms with Gasteiger partial charge in [0.15, 0.2) is 0 Å². The molecule has 0 aliphatic carbocycles. The lowest BCUT2D eigenvalue weighted by atomic mass is 10.3. The van der Waals surface area contributed by atoms with Gasteiger partial charge in [0.25, 0.3) is 0 Å². The second kappa shape index (κ2) is 5.69. The molecule has 0 saturated carbocycles. The number of rotatable bonds is 3. The van der Waals surface area contributed by atoms with E-state index >= 15 is 0 Å². The fraction of sp³-hybridized carbons (Fsp3) is 0.800. The van der Waals surface area contributed by atoms with Crippen LogP contribution in [0.15, 0.2) is 0 Å². The Kier molecular flexibility index (Phi) is 4.53. The standard InChI is InChI=1S/C10H17N3O2/c1-9(7-11)13-4-2-3-12(5-6-13)8-10(14)15/h9H,2-6,8H2,1H3,(H,14,15). The number of hydrogen-bond acceptors (Lipinski definition) is 4. The van der Waals surface area contributed by atoms with Crippen molar-refractivity contribution < 1.29 is 9.90 Å². The SMILES string of the molecule is CC(C#N)N1CCCN(CC(=O)O)CC1. The number of hydrogen-bond donors (Lipinski definition) is 1. The van der Waals surface area contributed by atoms with E-state index in [-0.39, 0.29) is 12.6 Å². The zero-order chi connectivity index (χ0) is 11.3. The molecule has 0 spiro atoms. The van der Waals surface area contributed by atoms with Gasteiger partial charge >= 0.3 is 5.97 Å². The van der Waals surface area contributed by atoms with Crippen LogP contribution in [0.2, 0.25) is 0 Å². The molecular weight excluding hydrogens is 194 g/mol. The number of carboxylic acid groups (broad SMARTS) is 1. The summed E-state index contributed by atoms with van der Waals surface area (Å²) in [5, 5.41) is 17.5. The minimum Gasteiger partial charge on any atom is -0.480 e. The average molecular weight is 211 g/mol. The summed E-state index contributed by atoms with van der Waals surface area (Å²) in [4.78, 5) is 14.6. The van der Waals surface area contributed by atoms with Gasteiger partial charge in [-0.25, -0.2) is 0 Å². The first kappa shape index (κ1) is 12.0. The van der Waals surface area contributed by atoms with Crippen molar-refractivity contribution in [3.63, 3.8) is 0 Å². The Morgan fingerprint density at radius 2 is 2.20 bits per heavy atom. The van der Waals surface area contributed by atoms with Crippen LogP contribution in [-0.2, 0) is 4.79 Å². The van der Waals surface area contributed by atoms with Gasteiger partial charge in [0, 0.05) is 26.2 Å². The van der Waals surface area contributed by atoms with E-state index in [2.05, 4.69) is 11.0 Å². The summed E-state index contributed by atoms with van der Waals surface area (Å²) < 4.78 is 0. The van der Waals surface area contributed by atoms with Gasteiger partial charge in [0.2, 0.25) is 0 Å².